The molecular formula is C21H20N2O3S. The average molecular weight is 380 g/mol. The van der Waals surface area contributed by atoms with Crippen LogP contribution in [0.1, 0.15) is 27.9 Å². The van der Waals surface area contributed by atoms with Crippen molar-refractivity contribution in [3.05, 3.63) is 82.1 Å². The summed E-state index contributed by atoms with van der Waals surface area (Å²) in [7, 11) is 0. The zero-order valence-corrected chi connectivity index (χ0v) is 16.0. The van der Waals surface area contributed by atoms with Crippen LogP contribution in [-0.4, -0.2) is 22.5 Å². The van der Waals surface area contributed by atoms with E-state index in [9.17, 15) is 4.79 Å². The van der Waals surface area contributed by atoms with Crippen LogP contribution in [0.15, 0.2) is 61.1 Å². The van der Waals surface area contributed by atoms with Crippen molar-refractivity contribution in [2.45, 2.75) is 20.5 Å². The minimum Gasteiger partial charge on any atom is -0.487 e. The molecule has 0 atom stereocenters. The number of rotatable bonds is 7. The Morgan fingerprint density at radius 2 is 2.00 bits per heavy atom. The van der Waals surface area contributed by atoms with E-state index in [-0.39, 0.29) is 0 Å². The van der Waals surface area contributed by atoms with Crippen LogP contribution in [0.4, 0.5) is 0 Å². The standard InChI is InChI=1S/C21H20N2O3S/c1-3-25-20(24)10-19(21-23-11-15(2)27-21)17-9-18(13-22-12-17)26-14-16-7-5-4-6-8-16/h4-13H,3,14H2,1-2H3/b19-10-. The molecule has 0 unspecified atom stereocenters. The number of carbonyl (C=O) groups excluding carboxylic acids is 1. The molecule has 5 nitrogen and oxygen atoms in total. The van der Waals surface area contributed by atoms with Crippen molar-refractivity contribution in [2.75, 3.05) is 6.61 Å². The molecule has 0 aliphatic carbocycles. The predicted molar refractivity (Wildman–Crippen MR) is 106 cm³/mol. The maximum Gasteiger partial charge on any atom is 0.331 e. The smallest absolute Gasteiger partial charge is 0.331 e. The third-order valence-corrected chi connectivity index (χ3v) is 4.62. The van der Waals surface area contributed by atoms with Gasteiger partial charge in [-0.15, -0.1) is 11.3 Å². The summed E-state index contributed by atoms with van der Waals surface area (Å²) in [6.45, 7) is 4.51. The topological polar surface area (TPSA) is 61.3 Å². The SMILES string of the molecule is CCOC(=O)/C=C(/c1cncc(OCc2ccccc2)c1)c1ncc(C)s1. The molecule has 0 bridgehead atoms. The molecule has 2 heterocycles. The molecule has 1 aromatic carbocycles. The number of carbonyl (C=O) groups is 1. The van der Waals surface area contributed by atoms with Crippen molar-refractivity contribution in [3.63, 3.8) is 0 Å². The zero-order chi connectivity index (χ0) is 19.1. The first kappa shape index (κ1) is 18.8. The normalized spacial score (nSPS) is 11.3. The highest BCUT2D eigenvalue weighted by Crippen LogP contribution is 2.29. The molecule has 0 saturated carbocycles. The highest BCUT2D eigenvalue weighted by Gasteiger charge is 2.13. The van der Waals surface area contributed by atoms with Crippen molar-refractivity contribution in [1.82, 2.24) is 9.97 Å². The number of aromatic nitrogens is 2. The summed E-state index contributed by atoms with van der Waals surface area (Å²) >= 11 is 1.51. The molecular weight excluding hydrogens is 360 g/mol. The van der Waals surface area contributed by atoms with Crippen LogP contribution in [0, 0.1) is 6.92 Å². The molecule has 0 radical (unpaired) electrons. The van der Waals surface area contributed by atoms with Crippen molar-refractivity contribution < 1.29 is 14.3 Å². The Morgan fingerprint density at radius 3 is 2.70 bits per heavy atom. The van der Waals surface area contributed by atoms with Gasteiger partial charge in [-0.1, -0.05) is 30.3 Å². The van der Waals surface area contributed by atoms with Gasteiger partial charge >= 0.3 is 5.97 Å². The number of ether oxygens (including phenoxy) is 2. The number of aryl methyl sites for hydroxylation is 1. The van der Waals surface area contributed by atoms with E-state index in [1.165, 1.54) is 17.4 Å². The first-order valence-corrected chi connectivity index (χ1v) is 9.40. The number of thiazole rings is 1. The molecule has 27 heavy (non-hydrogen) atoms. The molecule has 0 amide bonds. The molecule has 6 heteroatoms. The fraction of sp³-hybridized carbons (Fsp3) is 0.190. The Hall–Kier alpha value is -2.99. The summed E-state index contributed by atoms with van der Waals surface area (Å²) in [6.07, 6.45) is 6.58. The molecule has 0 aliphatic rings. The van der Waals surface area contributed by atoms with Crippen molar-refractivity contribution in [1.29, 1.82) is 0 Å². The fourth-order valence-corrected chi connectivity index (χ4v) is 3.24. The van der Waals surface area contributed by atoms with Gasteiger partial charge in [-0.2, -0.15) is 0 Å². The van der Waals surface area contributed by atoms with Crippen LogP contribution in [0.2, 0.25) is 0 Å². The largest absolute Gasteiger partial charge is 0.487 e. The Kier molecular flexibility index (Phi) is 6.33. The zero-order valence-electron chi connectivity index (χ0n) is 15.2. The molecule has 0 aliphatic heterocycles. The van der Waals surface area contributed by atoms with Crippen LogP contribution in [0.25, 0.3) is 5.57 Å². The van der Waals surface area contributed by atoms with Gasteiger partial charge in [-0.05, 0) is 25.5 Å². The van der Waals surface area contributed by atoms with Crippen LogP contribution < -0.4 is 4.74 Å². The van der Waals surface area contributed by atoms with Gasteiger partial charge < -0.3 is 9.47 Å². The molecule has 0 N–H and O–H groups in total. The molecule has 3 aromatic rings. The van der Waals surface area contributed by atoms with Gasteiger partial charge in [0, 0.05) is 34.5 Å². The monoisotopic (exact) mass is 380 g/mol. The van der Waals surface area contributed by atoms with Gasteiger partial charge in [0.15, 0.2) is 0 Å². The molecule has 0 saturated heterocycles. The van der Waals surface area contributed by atoms with Crippen LogP contribution in [0.5, 0.6) is 5.75 Å². The quantitative estimate of drug-likeness (QED) is 0.448. The average Bonchev–Trinajstić information content (AvgIpc) is 3.12. The van der Waals surface area contributed by atoms with Crippen LogP contribution in [0.3, 0.4) is 0 Å². The summed E-state index contributed by atoms with van der Waals surface area (Å²) in [4.78, 5) is 21.8. The number of hydrogen-bond acceptors (Lipinski definition) is 6. The van der Waals surface area contributed by atoms with Crippen LogP contribution in [-0.2, 0) is 16.1 Å². The highest BCUT2D eigenvalue weighted by molar-refractivity contribution is 7.12. The Morgan fingerprint density at radius 1 is 1.19 bits per heavy atom. The van der Waals surface area contributed by atoms with E-state index in [4.69, 9.17) is 9.47 Å². The Bertz CT molecular complexity index is 935. The molecule has 0 fully saturated rings. The first-order chi connectivity index (χ1) is 13.2. The third-order valence-electron chi connectivity index (χ3n) is 3.67. The Balaban J connectivity index is 1.87. The van der Waals surface area contributed by atoms with Crippen molar-refractivity contribution in [2.24, 2.45) is 0 Å². The van der Waals surface area contributed by atoms with Gasteiger partial charge in [0.2, 0.25) is 0 Å². The van der Waals surface area contributed by atoms with Crippen molar-refractivity contribution >= 4 is 22.9 Å². The lowest BCUT2D eigenvalue weighted by molar-refractivity contribution is -0.137. The molecule has 0 spiro atoms. The van der Waals surface area contributed by atoms with E-state index in [1.807, 2.05) is 43.3 Å². The van der Waals surface area contributed by atoms with E-state index < -0.39 is 5.97 Å². The van der Waals surface area contributed by atoms with Crippen molar-refractivity contribution in [3.8, 4) is 5.75 Å². The number of pyridine rings is 1. The maximum absolute atomic E-state index is 12.0. The fourth-order valence-electron chi connectivity index (χ4n) is 2.44. The van der Waals surface area contributed by atoms with E-state index in [2.05, 4.69) is 9.97 Å². The second kappa shape index (κ2) is 9.09. The van der Waals surface area contributed by atoms with Gasteiger partial charge in [-0.3, -0.25) is 4.98 Å². The van der Waals surface area contributed by atoms with Gasteiger partial charge in [0.1, 0.15) is 17.4 Å². The predicted octanol–water partition coefficient (Wildman–Crippen LogP) is 4.42. The summed E-state index contributed by atoms with van der Waals surface area (Å²) in [6, 6.07) is 11.8. The van der Waals surface area contributed by atoms with E-state index in [1.54, 1.807) is 25.5 Å². The minimum absolute atomic E-state index is 0.317. The third kappa shape index (κ3) is 5.24. The number of esters is 1. The number of benzene rings is 1. The Labute approximate surface area is 162 Å². The molecule has 3 rings (SSSR count). The maximum atomic E-state index is 12.0. The number of hydrogen-bond donors (Lipinski definition) is 0. The second-order valence-corrected chi connectivity index (χ2v) is 7.00. The molecule has 138 valence electrons. The van der Waals surface area contributed by atoms with Gasteiger partial charge in [0.05, 0.1) is 12.8 Å². The van der Waals surface area contributed by atoms with Gasteiger partial charge in [0.25, 0.3) is 0 Å². The van der Waals surface area contributed by atoms with Crippen LogP contribution >= 0.6 is 11.3 Å². The summed E-state index contributed by atoms with van der Waals surface area (Å²) < 4.78 is 10.9. The lowest BCUT2D eigenvalue weighted by Gasteiger charge is -2.09. The molecule has 2 aromatic heterocycles. The summed E-state index contributed by atoms with van der Waals surface area (Å²) in [5.41, 5.74) is 2.49. The first-order valence-electron chi connectivity index (χ1n) is 8.59. The van der Waals surface area contributed by atoms with E-state index in [0.717, 1.165) is 21.0 Å². The number of nitrogens with zero attached hydrogens (tertiary/aromatic N) is 2. The van der Waals surface area contributed by atoms with Gasteiger partial charge in [-0.25, -0.2) is 9.78 Å². The lowest BCUT2D eigenvalue weighted by Crippen LogP contribution is -2.02. The second-order valence-electron chi connectivity index (χ2n) is 5.77. The lowest BCUT2D eigenvalue weighted by atomic mass is 10.1. The summed E-state index contributed by atoms with van der Waals surface area (Å²) in [5, 5.41) is 0.738. The highest BCUT2D eigenvalue weighted by atomic mass is 32.1. The minimum atomic E-state index is -0.407. The van der Waals surface area contributed by atoms with E-state index in [0.29, 0.717) is 24.5 Å². The summed E-state index contributed by atoms with van der Waals surface area (Å²) in [5.74, 6) is 0.218. The van der Waals surface area contributed by atoms with E-state index >= 15 is 0 Å².